The highest BCUT2D eigenvalue weighted by atomic mass is 35.5. The lowest BCUT2D eigenvalue weighted by Gasteiger charge is -2.13. The molecule has 30 heavy (non-hydrogen) atoms. The first-order valence-electron chi connectivity index (χ1n) is 8.93. The van der Waals surface area contributed by atoms with Crippen LogP contribution in [0.2, 0.25) is 5.02 Å². The first-order valence-corrected chi connectivity index (χ1v) is 10.1. The second kappa shape index (κ2) is 9.32. The van der Waals surface area contributed by atoms with E-state index >= 15 is 0 Å². The summed E-state index contributed by atoms with van der Waals surface area (Å²) in [5.41, 5.74) is 1.06. The number of thioether (sulfide) groups is 1. The van der Waals surface area contributed by atoms with Crippen LogP contribution in [-0.4, -0.2) is 28.6 Å². The van der Waals surface area contributed by atoms with Crippen molar-refractivity contribution in [3.8, 4) is 11.5 Å². The molecule has 0 unspecified atom stereocenters. The molecule has 0 atom stereocenters. The number of halogens is 2. The van der Waals surface area contributed by atoms with Gasteiger partial charge in [0.2, 0.25) is 0 Å². The molecule has 1 fully saturated rings. The summed E-state index contributed by atoms with van der Waals surface area (Å²) in [5, 5.41) is -0.311. The summed E-state index contributed by atoms with van der Waals surface area (Å²) in [6.07, 6.45) is 1.55. The maximum absolute atomic E-state index is 13.2. The van der Waals surface area contributed by atoms with Crippen LogP contribution in [0.5, 0.6) is 11.5 Å². The first-order chi connectivity index (χ1) is 14.3. The number of ether oxygens (including phenoxy) is 2. The monoisotopic (exact) mass is 449 g/mol. The number of amides is 2. The maximum Gasteiger partial charge on any atom is 0.308 e. The Kier molecular flexibility index (Phi) is 6.79. The van der Waals surface area contributed by atoms with Crippen LogP contribution in [-0.2, 0) is 16.1 Å². The summed E-state index contributed by atoms with van der Waals surface area (Å²) in [5.74, 6) is -0.851. The van der Waals surface area contributed by atoms with E-state index in [1.54, 1.807) is 31.2 Å². The van der Waals surface area contributed by atoms with Crippen LogP contribution in [0, 0.1) is 5.82 Å². The van der Waals surface area contributed by atoms with Crippen LogP contribution in [0.15, 0.2) is 41.3 Å². The standard InChI is InChI=1S/C21H17ClFNO5S/c1-3-28-18-8-13(4-7-17(18)29-12(2)25)9-19-20(26)24(21(27)30-19)11-14-5-6-15(23)10-16(14)22/h4-10H,3,11H2,1-2H3/b19-9+. The molecule has 1 aliphatic heterocycles. The summed E-state index contributed by atoms with van der Waals surface area (Å²) in [7, 11) is 0. The highest BCUT2D eigenvalue weighted by Gasteiger charge is 2.35. The van der Waals surface area contributed by atoms with E-state index in [1.165, 1.54) is 19.1 Å². The molecule has 1 aliphatic rings. The van der Waals surface area contributed by atoms with Gasteiger partial charge in [-0.1, -0.05) is 23.7 Å². The quantitative estimate of drug-likeness (QED) is 0.349. The fourth-order valence-electron chi connectivity index (χ4n) is 2.73. The Balaban J connectivity index is 1.84. The van der Waals surface area contributed by atoms with Crippen molar-refractivity contribution >= 4 is 46.6 Å². The summed E-state index contributed by atoms with van der Waals surface area (Å²) >= 11 is 6.80. The zero-order chi connectivity index (χ0) is 21.8. The van der Waals surface area contributed by atoms with E-state index in [0.717, 1.165) is 22.7 Å². The summed E-state index contributed by atoms with van der Waals surface area (Å²) in [6.45, 7) is 3.37. The Bertz CT molecular complexity index is 1060. The average Bonchev–Trinajstić information content (AvgIpc) is 2.93. The topological polar surface area (TPSA) is 72.9 Å². The minimum Gasteiger partial charge on any atom is -0.490 e. The second-order valence-corrected chi connectivity index (χ2v) is 7.64. The summed E-state index contributed by atoms with van der Waals surface area (Å²) in [4.78, 5) is 37.6. The number of imide groups is 1. The minimum absolute atomic E-state index is 0.0588. The molecular weight excluding hydrogens is 433 g/mol. The van der Waals surface area contributed by atoms with Crippen LogP contribution >= 0.6 is 23.4 Å². The van der Waals surface area contributed by atoms with Crippen molar-refractivity contribution in [2.75, 3.05) is 6.61 Å². The van der Waals surface area contributed by atoms with Gasteiger partial charge in [-0.25, -0.2) is 4.39 Å². The zero-order valence-corrected chi connectivity index (χ0v) is 17.7. The lowest BCUT2D eigenvalue weighted by Crippen LogP contribution is -2.27. The average molecular weight is 450 g/mol. The van der Waals surface area contributed by atoms with Crippen LogP contribution in [0.4, 0.5) is 9.18 Å². The highest BCUT2D eigenvalue weighted by molar-refractivity contribution is 8.18. The third kappa shape index (κ3) is 5.01. The van der Waals surface area contributed by atoms with Gasteiger partial charge in [0.05, 0.1) is 18.1 Å². The van der Waals surface area contributed by atoms with Crippen LogP contribution in [0.1, 0.15) is 25.0 Å². The molecule has 1 saturated heterocycles. The van der Waals surface area contributed by atoms with Gasteiger partial charge < -0.3 is 9.47 Å². The molecule has 0 bridgehead atoms. The van der Waals surface area contributed by atoms with E-state index < -0.39 is 22.9 Å². The predicted molar refractivity (Wildman–Crippen MR) is 112 cm³/mol. The largest absolute Gasteiger partial charge is 0.490 e. The zero-order valence-electron chi connectivity index (χ0n) is 16.1. The minimum atomic E-state index is -0.500. The number of rotatable bonds is 6. The maximum atomic E-state index is 13.2. The number of hydrogen-bond acceptors (Lipinski definition) is 6. The SMILES string of the molecule is CCOc1cc(/C=C2/SC(=O)N(Cc3ccc(F)cc3Cl)C2=O)ccc1OC(C)=O. The highest BCUT2D eigenvalue weighted by Crippen LogP contribution is 2.36. The fraction of sp³-hybridized carbons (Fsp3) is 0.190. The third-order valence-corrected chi connectivity index (χ3v) is 5.30. The van der Waals surface area contributed by atoms with E-state index in [2.05, 4.69) is 0 Å². The van der Waals surface area contributed by atoms with Crippen molar-refractivity contribution in [1.82, 2.24) is 4.90 Å². The Labute approximate surface area is 181 Å². The van der Waals surface area contributed by atoms with Gasteiger partial charge in [-0.05, 0) is 60.2 Å². The Morgan fingerprint density at radius 3 is 2.63 bits per heavy atom. The molecule has 0 N–H and O–H groups in total. The van der Waals surface area contributed by atoms with Gasteiger partial charge in [0.25, 0.3) is 11.1 Å². The van der Waals surface area contributed by atoms with Crippen molar-refractivity contribution in [3.63, 3.8) is 0 Å². The van der Waals surface area contributed by atoms with Crippen LogP contribution in [0.25, 0.3) is 6.08 Å². The Morgan fingerprint density at radius 1 is 1.20 bits per heavy atom. The third-order valence-electron chi connectivity index (χ3n) is 4.04. The van der Waals surface area contributed by atoms with Crippen molar-refractivity contribution in [2.24, 2.45) is 0 Å². The van der Waals surface area contributed by atoms with Gasteiger partial charge in [-0.2, -0.15) is 0 Å². The van der Waals surface area contributed by atoms with Crippen molar-refractivity contribution < 1.29 is 28.2 Å². The smallest absolute Gasteiger partial charge is 0.308 e. The molecular formula is C21H17ClFNO5S. The number of benzene rings is 2. The van der Waals surface area contributed by atoms with Gasteiger partial charge in [0.1, 0.15) is 5.82 Å². The fourth-order valence-corrected chi connectivity index (χ4v) is 3.80. The molecule has 6 nitrogen and oxygen atoms in total. The first kappa shape index (κ1) is 21.9. The Morgan fingerprint density at radius 2 is 1.97 bits per heavy atom. The lowest BCUT2D eigenvalue weighted by atomic mass is 10.1. The van der Waals surface area contributed by atoms with Crippen molar-refractivity contribution in [1.29, 1.82) is 0 Å². The van der Waals surface area contributed by atoms with Gasteiger partial charge in [-0.15, -0.1) is 0 Å². The van der Waals surface area contributed by atoms with Gasteiger partial charge in [0, 0.05) is 11.9 Å². The summed E-state index contributed by atoms with van der Waals surface area (Å²) in [6, 6.07) is 8.60. The van der Waals surface area contributed by atoms with Crippen LogP contribution < -0.4 is 9.47 Å². The number of hydrogen-bond donors (Lipinski definition) is 0. The second-order valence-electron chi connectivity index (χ2n) is 6.24. The molecule has 0 spiro atoms. The van der Waals surface area contributed by atoms with E-state index in [1.807, 2.05) is 0 Å². The molecule has 0 aromatic heterocycles. The molecule has 2 aromatic carbocycles. The molecule has 2 amide bonds. The molecule has 0 radical (unpaired) electrons. The molecule has 9 heteroatoms. The molecule has 3 rings (SSSR count). The van der Waals surface area contributed by atoms with E-state index in [9.17, 15) is 18.8 Å². The number of carbonyl (C=O) groups is 3. The lowest BCUT2D eigenvalue weighted by molar-refractivity contribution is -0.132. The molecule has 1 heterocycles. The molecule has 2 aromatic rings. The van der Waals surface area contributed by atoms with Gasteiger partial charge >= 0.3 is 5.97 Å². The van der Waals surface area contributed by atoms with E-state index in [-0.39, 0.29) is 22.2 Å². The van der Waals surface area contributed by atoms with Crippen molar-refractivity contribution in [2.45, 2.75) is 20.4 Å². The number of carbonyl (C=O) groups excluding carboxylic acids is 3. The number of nitrogens with zero attached hydrogens (tertiary/aromatic N) is 1. The van der Waals surface area contributed by atoms with Gasteiger partial charge in [-0.3, -0.25) is 19.3 Å². The van der Waals surface area contributed by atoms with E-state index in [4.69, 9.17) is 21.1 Å². The molecule has 0 saturated carbocycles. The molecule has 0 aliphatic carbocycles. The van der Waals surface area contributed by atoms with Crippen molar-refractivity contribution in [3.05, 3.63) is 63.3 Å². The van der Waals surface area contributed by atoms with E-state index in [0.29, 0.717) is 23.5 Å². The molecule has 156 valence electrons. The summed E-state index contributed by atoms with van der Waals surface area (Å²) < 4.78 is 23.8. The van der Waals surface area contributed by atoms with Crippen LogP contribution in [0.3, 0.4) is 0 Å². The van der Waals surface area contributed by atoms with Gasteiger partial charge in [0.15, 0.2) is 11.5 Å². The normalized spacial score (nSPS) is 15.1. The number of esters is 1. The predicted octanol–water partition coefficient (Wildman–Crippen LogP) is 5.04. The Hall–Kier alpha value is -2.84.